The van der Waals surface area contributed by atoms with Gasteiger partial charge in [-0.3, -0.25) is 0 Å². The molecule has 9 aromatic carbocycles. The first-order valence-electron chi connectivity index (χ1n) is 19.2. The van der Waals surface area contributed by atoms with Crippen LogP contribution < -0.4 is 19.3 Å². The minimum Gasteiger partial charge on any atom is -0.478 e. The number of hydrogen-bond donors (Lipinski definition) is 0. The molecule has 56 heavy (non-hydrogen) atoms. The molecule has 4 heteroatoms. The molecular formula is C52H36N2O2. The van der Waals surface area contributed by atoms with Gasteiger partial charge in [-0.2, -0.15) is 0 Å². The largest absolute Gasteiger partial charge is 0.478 e. The van der Waals surface area contributed by atoms with Crippen LogP contribution in [0.1, 0.15) is 0 Å². The second kappa shape index (κ2) is 13.2. The summed E-state index contributed by atoms with van der Waals surface area (Å²) in [7, 11) is 0. The zero-order valence-electron chi connectivity index (χ0n) is 30.5. The lowest BCUT2D eigenvalue weighted by Gasteiger charge is -2.36. The fourth-order valence-electron chi connectivity index (χ4n) is 8.54. The second-order valence-corrected chi connectivity index (χ2v) is 14.4. The van der Waals surface area contributed by atoms with Gasteiger partial charge in [0.2, 0.25) is 0 Å². The van der Waals surface area contributed by atoms with E-state index in [0.717, 1.165) is 45.6 Å². The van der Waals surface area contributed by atoms with E-state index in [1.165, 1.54) is 43.1 Å². The van der Waals surface area contributed by atoms with Gasteiger partial charge in [-0.05, 0) is 99.1 Å². The summed E-state index contributed by atoms with van der Waals surface area (Å²) < 4.78 is 13.6. The third kappa shape index (κ3) is 5.38. The highest BCUT2D eigenvalue weighted by Gasteiger charge is 2.33. The first-order chi connectivity index (χ1) is 27.8. The van der Waals surface area contributed by atoms with Gasteiger partial charge < -0.3 is 19.3 Å². The highest BCUT2D eigenvalue weighted by atomic mass is 16.6. The summed E-state index contributed by atoms with van der Waals surface area (Å²) in [6, 6.07) is 66.6. The zero-order chi connectivity index (χ0) is 37.0. The van der Waals surface area contributed by atoms with Gasteiger partial charge in [0, 0.05) is 33.9 Å². The fraction of sp³-hybridized carbons (Fsp3) is 0.0385. The first kappa shape index (κ1) is 32.2. The maximum absolute atomic E-state index is 6.82. The van der Waals surface area contributed by atoms with E-state index in [4.69, 9.17) is 9.47 Å². The van der Waals surface area contributed by atoms with Crippen LogP contribution in [0.4, 0.5) is 28.4 Å². The van der Waals surface area contributed by atoms with E-state index >= 15 is 0 Å². The van der Waals surface area contributed by atoms with Crippen molar-refractivity contribution in [1.29, 1.82) is 0 Å². The lowest BCUT2D eigenvalue weighted by molar-refractivity contribution is 0.0750. The van der Waals surface area contributed by atoms with Gasteiger partial charge in [0.15, 0.2) is 23.7 Å². The van der Waals surface area contributed by atoms with Crippen molar-refractivity contribution in [2.24, 2.45) is 0 Å². The van der Waals surface area contributed by atoms with Crippen LogP contribution in [0, 0.1) is 0 Å². The number of nitrogens with zero attached hydrogens (tertiary/aromatic N) is 2. The average Bonchev–Trinajstić information content (AvgIpc) is 3.26. The van der Waals surface area contributed by atoms with Crippen LogP contribution in [-0.4, -0.2) is 12.2 Å². The van der Waals surface area contributed by atoms with E-state index in [2.05, 4.69) is 216 Å². The second-order valence-electron chi connectivity index (χ2n) is 14.4. The third-order valence-electron chi connectivity index (χ3n) is 11.1. The van der Waals surface area contributed by atoms with E-state index in [-0.39, 0.29) is 12.2 Å². The molecule has 0 spiro atoms. The maximum Gasteiger partial charge on any atom is 0.164 e. The molecule has 2 aliphatic rings. The van der Waals surface area contributed by atoms with E-state index in [9.17, 15) is 0 Å². The summed E-state index contributed by atoms with van der Waals surface area (Å²) in [5.74, 6) is 1.44. The maximum atomic E-state index is 6.82. The monoisotopic (exact) mass is 720 g/mol. The number of hydrogen-bond acceptors (Lipinski definition) is 4. The van der Waals surface area contributed by atoms with Crippen molar-refractivity contribution in [1.82, 2.24) is 0 Å². The summed E-state index contributed by atoms with van der Waals surface area (Å²) >= 11 is 0. The topological polar surface area (TPSA) is 24.9 Å². The van der Waals surface area contributed by atoms with Crippen molar-refractivity contribution in [2.75, 3.05) is 9.80 Å². The lowest BCUT2D eigenvalue weighted by atomic mass is 9.97. The number of benzene rings is 9. The highest BCUT2D eigenvalue weighted by Crippen LogP contribution is 2.47. The first-order valence-corrected chi connectivity index (χ1v) is 19.2. The molecule has 11 rings (SSSR count). The molecular weight excluding hydrogens is 685 g/mol. The molecule has 0 saturated heterocycles. The van der Waals surface area contributed by atoms with Crippen molar-refractivity contribution >= 4 is 71.5 Å². The molecule has 2 unspecified atom stereocenters. The molecule has 0 amide bonds. The number of rotatable bonds is 6. The van der Waals surface area contributed by atoms with Gasteiger partial charge in [-0.1, -0.05) is 133 Å². The van der Waals surface area contributed by atoms with Gasteiger partial charge >= 0.3 is 0 Å². The van der Waals surface area contributed by atoms with Crippen LogP contribution in [0.25, 0.3) is 43.1 Å². The van der Waals surface area contributed by atoms with Crippen LogP contribution in [-0.2, 0) is 0 Å². The Bertz CT molecular complexity index is 3010. The van der Waals surface area contributed by atoms with Crippen LogP contribution in [0.2, 0.25) is 0 Å². The summed E-state index contributed by atoms with van der Waals surface area (Å²) in [5.41, 5.74) is 6.38. The molecule has 0 N–H and O–H groups in total. The average molecular weight is 721 g/mol. The molecule has 0 radical (unpaired) electrons. The Morgan fingerprint density at radius 2 is 0.839 bits per heavy atom. The summed E-state index contributed by atoms with van der Waals surface area (Å²) in [5, 5.41) is 9.69. The number of anilines is 5. The van der Waals surface area contributed by atoms with Crippen molar-refractivity contribution in [3.63, 3.8) is 0 Å². The van der Waals surface area contributed by atoms with Crippen LogP contribution in [0.5, 0.6) is 11.5 Å². The Kier molecular flexibility index (Phi) is 7.59. The predicted octanol–water partition coefficient (Wildman–Crippen LogP) is 13.6. The molecule has 1 heterocycles. The van der Waals surface area contributed by atoms with Gasteiger partial charge in [-0.15, -0.1) is 0 Å². The third-order valence-corrected chi connectivity index (χ3v) is 11.1. The normalized spacial score (nSPS) is 15.8. The number of ether oxygens (including phenoxy) is 2. The summed E-state index contributed by atoms with van der Waals surface area (Å²) in [4.78, 5) is 4.67. The summed E-state index contributed by atoms with van der Waals surface area (Å²) in [6.07, 6.45) is 5.91. The summed E-state index contributed by atoms with van der Waals surface area (Å²) in [6.45, 7) is 0. The van der Waals surface area contributed by atoms with Crippen molar-refractivity contribution in [2.45, 2.75) is 12.2 Å². The van der Waals surface area contributed by atoms with Gasteiger partial charge in [0.05, 0.1) is 17.1 Å². The predicted molar refractivity (Wildman–Crippen MR) is 232 cm³/mol. The van der Waals surface area contributed by atoms with Crippen molar-refractivity contribution in [3.8, 4) is 11.5 Å². The molecule has 1 aliphatic heterocycles. The van der Waals surface area contributed by atoms with Gasteiger partial charge in [0.1, 0.15) is 0 Å². The van der Waals surface area contributed by atoms with Crippen LogP contribution in [0.15, 0.2) is 212 Å². The Morgan fingerprint density at radius 3 is 1.45 bits per heavy atom. The molecule has 266 valence electrons. The van der Waals surface area contributed by atoms with E-state index in [0.29, 0.717) is 0 Å². The number of fused-ring (bicyclic) bond motifs is 8. The quantitative estimate of drug-likeness (QED) is 0.160. The Morgan fingerprint density at radius 1 is 0.357 bits per heavy atom. The fourth-order valence-corrected chi connectivity index (χ4v) is 8.54. The Labute approximate surface area is 325 Å². The SMILES string of the molecule is C1=CC2Oc3cc(N(c4ccccc4)c4cc5ccccc5c5ccccc45)ccc3OC2C=C1N(c1ccccc1)c1cc2ccccc2c2ccccc12. The molecule has 4 nitrogen and oxygen atoms in total. The van der Waals surface area contributed by atoms with E-state index in [1.54, 1.807) is 0 Å². The van der Waals surface area contributed by atoms with Crippen LogP contribution >= 0.6 is 0 Å². The molecule has 0 saturated carbocycles. The smallest absolute Gasteiger partial charge is 0.164 e. The van der Waals surface area contributed by atoms with Crippen molar-refractivity contribution < 1.29 is 9.47 Å². The molecule has 9 aromatic rings. The zero-order valence-corrected chi connectivity index (χ0v) is 30.5. The Balaban J connectivity index is 0.997. The number of para-hydroxylation sites is 2. The molecule has 1 aliphatic carbocycles. The molecule has 2 atom stereocenters. The standard InChI is InChI=1S/C52H36N2O2/c1-3-17-37(18-4-1)53(47-31-35-15-7-9-21-41(35)43-23-11-13-25-45(43)47)39-27-29-49-51(33-39)55-50-30-28-40(34-52(50)56-49)54(38-19-5-2-6-20-38)48-32-36-16-8-10-22-42(36)44-24-12-14-26-46(44)48/h1-34,49,51H. The van der Waals surface area contributed by atoms with Gasteiger partial charge in [0.25, 0.3) is 0 Å². The van der Waals surface area contributed by atoms with E-state index < -0.39 is 0 Å². The van der Waals surface area contributed by atoms with Gasteiger partial charge in [-0.25, -0.2) is 0 Å². The molecule has 0 aromatic heterocycles. The number of allylic oxidation sites excluding steroid dienone is 1. The van der Waals surface area contributed by atoms with E-state index in [1.807, 2.05) is 0 Å². The minimum atomic E-state index is -0.319. The molecule has 0 fully saturated rings. The Hall–Kier alpha value is -7.30. The van der Waals surface area contributed by atoms with Crippen LogP contribution in [0.3, 0.4) is 0 Å². The minimum absolute atomic E-state index is 0.292. The lowest BCUT2D eigenvalue weighted by Crippen LogP contribution is -2.39. The molecule has 0 bridgehead atoms. The van der Waals surface area contributed by atoms with Crippen molar-refractivity contribution in [3.05, 3.63) is 212 Å². The highest BCUT2D eigenvalue weighted by molar-refractivity contribution is 6.15.